The Kier molecular flexibility index (Phi) is 4.85. The Bertz CT molecular complexity index is 308. The second-order valence-corrected chi connectivity index (χ2v) is 3.64. The van der Waals surface area contributed by atoms with E-state index in [4.69, 9.17) is 11.6 Å². The second-order valence-electron chi connectivity index (χ2n) is 3.33. The molecular weight excluding hydrogens is 217 g/mol. The standard InChI is InChI=1S/C11H15ClFNO/c1-2-14(8-11(15)7-12)10-5-3-4-9(13)6-10/h3-6,11,15H,2,7-8H2,1H3. The highest BCUT2D eigenvalue weighted by molar-refractivity contribution is 6.18. The van der Waals surface area contributed by atoms with Gasteiger partial charge >= 0.3 is 0 Å². The van der Waals surface area contributed by atoms with Crippen LogP contribution in [0, 0.1) is 5.82 Å². The predicted molar refractivity (Wildman–Crippen MR) is 61.0 cm³/mol. The van der Waals surface area contributed by atoms with Crippen LogP contribution in [0.1, 0.15) is 6.92 Å². The number of alkyl halides is 1. The Hall–Kier alpha value is -0.800. The van der Waals surface area contributed by atoms with E-state index < -0.39 is 6.10 Å². The summed E-state index contributed by atoms with van der Waals surface area (Å²) in [6.45, 7) is 3.08. The lowest BCUT2D eigenvalue weighted by atomic mass is 10.2. The van der Waals surface area contributed by atoms with E-state index in [-0.39, 0.29) is 11.7 Å². The molecule has 0 fully saturated rings. The third-order valence-corrected chi connectivity index (χ3v) is 2.52. The fourth-order valence-corrected chi connectivity index (χ4v) is 1.49. The van der Waals surface area contributed by atoms with E-state index in [9.17, 15) is 9.50 Å². The molecule has 0 saturated heterocycles. The van der Waals surface area contributed by atoms with Crippen molar-refractivity contribution in [2.24, 2.45) is 0 Å². The lowest BCUT2D eigenvalue weighted by molar-refractivity contribution is 0.203. The number of aliphatic hydroxyl groups is 1. The number of aliphatic hydroxyl groups excluding tert-OH is 1. The van der Waals surface area contributed by atoms with E-state index in [1.165, 1.54) is 12.1 Å². The monoisotopic (exact) mass is 231 g/mol. The third kappa shape index (κ3) is 3.68. The summed E-state index contributed by atoms with van der Waals surface area (Å²) >= 11 is 5.52. The van der Waals surface area contributed by atoms with Gasteiger partial charge < -0.3 is 10.0 Å². The maximum absolute atomic E-state index is 13.0. The molecule has 4 heteroatoms. The Balaban J connectivity index is 2.73. The van der Waals surface area contributed by atoms with Crippen molar-refractivity contribution in [3.8, 4) is 0 Å². The van der Waals surface area contributed by atoms with Crippen molar-refractivity contribution in [3.63, 3.8) is 0 Å². The lowest BCUT2D eigenvalue weighted by Crippen LogP contribution is -2.33. The average molecular weight is 232 g/mol. The van der Waals surface area contributed by atoms with Crippen molar-refractivity contribution in [2.75, 3.05) is 23.9 Å². The summed E-state index contributed by atoms with van der Waals surface area (Å²) in [5, 5.41) is 9.42. The van der Waals surface area contributed by atoms with Gasteiger partial charge in [-0.25, -0.2) is 4.39 Å². The van der Waals surface area contributed by atoms with Gasteiger partial charge in [0.25, 0.3) is 0 Å². The molecule has 0 aliphatic rings. The van der Waals surface area contributed by atoms with Gasteiger partial charge in [0.15, 0.2) is 0 Å². The molecule has 0 amide bonds. The first-order valence-electron chi connectivity index (χ1n) is 4.92. The van der Waals surface area contributed by atoms with Gasteiger partial charge in [0.1, 0.15) is 5.82 Å². The number of nitrogens with zero attached hydrogens (tertiary/aromatic N) is 1. The van der Waals surface area contributed by atoms with Gasteiger partial charge in [-0.15, -0.1) is 11.6 Å². The summed E-state index contributed by atoms with van der Waals surface area (Å²) in [5.41, 5.74) is 0.765. The molecule has 0 aliphatic carbocycles. The molecule has 1 aromatic rings. The fraction of sp³-hybridized carbons (Fsp3) is 0.455. The Morgan fingerprint density at radius 2 is 2.27 bits per heavy atom. The molecule has 0 aliphatic heterocycles. The zero-order chi connectivity index (χ0) is 11.3. The van der Waals surface area contributed by atoms with Crippen LogP contribution in [0.25, 0.3) is 0 Å². The number of benzene rings is 1. The number of halogens is 2. The minimum Gasteiger partial charge on any atom is -0.390 e. The van der Waals surface area contributed by atoms with Gasteiger partial charge in [-0.1, -0.05) is 6.07 Å². The predicted octanol–water partition coefficient (Wildman–Crippen LogP) is 2.25. The molecule has 1 atom stereocenters. The molecule has 84 valence electrons. The van der Waals surface area contributed by atoms with E-state index in [0.717, 1.165) is 5.69 Å². The average Bonchev–Trinajstić information content (AvgIpc) is 2.25. The minimum atomic E-state index is -0.588. The van der Waals surface area contributed by atoms with Gasteiger partial charge in [-0.3, -0.25) is 0 Å². The number of hydrogen-bond donors (Lipinski definition) is 1. The van der Waals surface area contributed by atoms with Crippen molar-refractivity contribution in [1.82, 2.24) is 0 Å². The molecule has 1 N–H and O–H groups in total. The first-order valence-corrected chi connectivity index (χ1v) is 5.45. The molecule has 0 aromatic heterocycles. The second kappa shape index (κ2) is 5.93. The molecular formula is C11H15ClFNO. The van der Waals surface area contributed by atoms with Crippen molar-refractivity contribution in [3.05, 3.63) is 30.1 Å². The molecule has 2 nitrogen and oxygen atoms in total. The van der Waals surface area contributed by atoms with Crippen LogP contribution in [-0.4, -0.2) is 30.2 Å². The lowest BCUT2D eigenvalue weighted by Gasteiger charge is -2.25. The van der Waals surface area contributed by atoms with Gasteiger partial charge in [0, 0.05) is 18.8 Å². The van der Waals surface area contributed by atoms with E-state index in [2.05, 4.69) is 0 Å². The summed E-state index contributed by atoms with van der Waals surface area (Å²) in [6, 6.07) is 6.31. The number of rotatable bonds is 5. The summed E-state index contributed by atoms with van der Waals surface area (Å²) < 4.78 is 13.0. The molecule has 0 radical (unpaired) electrons. The summed E-state index contributed by atoms with van der Waals surface area (Å²) in [7, 11) is 0. The highest BCUT2D eigenvalue weighted by Gasteiger charge is 2.10. The number of anilines is 1. The minimum absolute atomic E-state index is 0.186. The van der Waals surface area contributed by atoms with Gasteiger partial charge in [-0.2, -0.15) is 0 Å². The van der Waals surface area contributed by atoms with Crippen LogP contribution in [-0.2, 0) is 0 Å². The molecule has 0 spiro atoms. The summed E-state index contributed by atoms with van der Waals surface area (Å²) in [4.78, 5) is 1.89. The van der Waals surface area contributed by atoms with Gasteiger partial charge in [-0.05, 0) is 25.1 Å². The first-order chi connectivity index (χ1) is 7.17. The maximum Gasteiger partial charge on any atom is 0.125 e. The smallest absolute Gasteiger partial charge is 0.125 e. The van der Waals surface area contributed by atoms with Crippen molar-refractivity contribution in [2.45, 2.75) is 13.0 Å². The molecule has 0 heterocycles. The van der Waals surface area contributed by atoms with Crippen molar-refractivity contribution in [1.29, 1.82) is 0 Å². The summed E-state index contributed by atoms with van der Waals surface area (Å²) in [5.74, 6) is -0.0856. The van der Waals surface area contributed by atoms with Crippen LogP contribution in [0.3, 0.4) is 0 Å². The quantitative estimate of drug-likeness (QED) is 0.786. The first kappa shape index (κ1) is 12.3. The van der Waals surface area contributed by atoms with E-state index in [0.29, 0.717) is 13.1 Å². The molecule has 0 bridgehead atoms. The zero-order valence-corrected chi connectivity index (χ0v) is 9.41. The number of likely N-dealkylation sites (N-methyl/N-ethyl adjacent to an activating group) is 1. The molecule has 15 heavy (non-hydrogen) atoms. The van der Waals surface area contributed by atoms with Crippen molar-refractivity contribution < 1.29 is 9.50 Å². The highest BCUT2D eigenvalue weighted by Crippen LogP contribution is 2.15. The SMILES string of the molecule is CCN(CC(O)CCl)c1cccc(F)c1. The zero-order valence-electron chi connectivity index (χ0n) is 8.66. The van der Waals surface area contributed by atoms with E-state index in [1.54, 1.807) is 6.07 Å². The Labute approximate surface area is 94.3 Å². The van der Waals surface area contributed by atoms with Gasteiger partial charge in [0.05, 0.1) is 12.0 Å². The third-order valence-electron chi connectivity index (χ3n) is 2.16. The van der Waals surface area contributed by atoms with Crippen LogP contribution in [0.2, 0.25) is 0 Å². The molecule has 1 unspecified atom stereocenters. The number of hydrogen-bond acceptors (Lipinski definition) is 2. The highest BCUT2D eigenvalue weighted by atomic mass is 35.5. The van der Waals surface area contributed by atoms with E-state index in [1.807, 2.05) is 17.9 Å². The normalized spacial score (nSPS) is 12.5. The van der Waals surface area contributed by atoms with Crippen LogP contribution in [0.15, 0.2) is 24.3 Å². The van der Waals surface area contributed by atoms with Crippen molar-refractivity contribution >= 4 is 17.3 Å². The van der Waals surface area contributed by atoms with Crippen LogP contribution >= 0.6 is 11.6 Å². The van der Waals surface area contributed by atoms with Gasteiger partial charge in [0.2, 0.25) is 0 Å². The fourth-order valence-electron chi connectivity index (χ4n) is 1.39. The topological polar surface area (TPSA) is 23.5 Å². The molecule has 1 aromatic carbocycles. The molecule has 1 rings (SSSR count). The van der Waals surface area contributed by atoms with E-state index >= 15 is 0 Å². The Morgan fingerprint density at radius 1 is 1.53 bits per heavy atom. The molecule has 0 saturated carbocycles. The Morgan fingerprint density at radius 3 is 2.80 bits per heavy atom. The van der Waals surface area contributed by atoms with Crippen LogP contribution in [0.5, 0.6) is 0 Å². The largest absolute Gasteiger partial charge is 0.390 e. The summed E-state index contributed by atoms with van der Waals surface area (Å²) in [6.07, 6.45) is -0.588. The maximum atomic E-state index is 13.0. The van der Waals surface area contributed by atoms with Crippen LogP contribution < -0.4 is 4.90 Å². The van der Waals surface area contributed by atoms with Crippen LogP contribution in [0.4, 0.5) is 10.1 Å².